The van der Waals surface area contributed by atoms with E-state index in [0.717, 1.165) is 110 Å². The Hall–Kier alpha value is -13.0. The van der Waals surface area contributed by atoms with E-state index in [0.29, 0.717) is 40.2 Å². The van der Waals surface area contributed by atoms with Gasteiger partial charge in [-0.15, -0.1) is 0 Å². The van der Waals surface area contributed by atoms with Gasteiger partial charge in [-0.2, -0.15) is 0 Å². The summed E-state index contributed by atoms with van der Waals surface area (Å²) in [5, 5.41) is 8.83. The molecule has 582 valence electrons. The lowest BCUT2D eigenvalue weighted by atomic mass is 10.1. The first-order valence-corrected chi connectivity index (χ1v) is 45.3. The Bertz CT molecular complexity index is 7260. The van der Waals surface area contributed by atoms with Crippen molar-refractivity contribution in [3.05, 3.63) is 408 Å². The minimum Gasteiger partial charge on any atom is -0.307 e. The van der Waals surface area contributed by atoms with Gasteiger partial charge in [-0.1, -0.05) is 356 Å². The van der Waals surface area contributed by atoms with Crippen LogP contribution < -0.4 is 0 Å². The summed E-state index contributed by atoms with van der Waals surface area (Å²) in [5.41, 5.74) is 21.1. The van der Waals surface area contributed by atoms with E-state index in [1.165, 1.54) is 61.3 Å². The van der Waals surface area contributed by atoms with Gasteiger partial charge in [-0.3, -0.25) is 0 Å². The average Bonchev–Trinajstić information content (AvgIpc) is 1.55. The maximum absolute atomic E-state index is 16.0. The van der Waals surface area contributed by atoms with Crippen LogP contribution in [0, 0.1) is 11.6 Å². The van der Waals surface area contributed by atoms with Gasteiger partial charge in [0.05, 0.1) is 61.2 Å². The fraction of sp³-hybridized carbons (Fsp3) is 0.0286. The molecule has 1 aliphatic rings. The largest absolute Gasteiger partial charge is 0.307 e. The van der Waals surface area contributed by atoms with Crippen LogP contribution in [0.25, 0.3) is 189 Å². The number of aromatic nitrogens is 10. The number of nitrogens with zero attached hydrogens (tertiary/aromatic N) is 10. The number of hydrogen-bond acceptors (Lipinski definition) is 6. The fourth-order valence-electron chi connectivity index (χ4n) is 16.9. The van der Waals surface area contributed by atoms with Crippen LogP contribution in [-0.4, -0.2) is 58.0 Å². The first kappa shape index (κ1) is 77.9. The maximum Gasteiger partial charge on any atom is 0.164 e. The van der Waals surface area contributed by atoms with Crippen LogP contribution in [0.2, 0.25) is 0 Å². The van der Waals surface area contributed by atoms with Crippen molar-refractivity contribution >= 4 is 164 Å². The maximum atomic E-state index is 16.0. The lowest BCUT2D eigenvalue weighted by molar-refractivity contribution is 0.573. The van der Waals surface area contributed by atoms with E-state index in [2.05, 4.69) is 330 Å². The monoisotopic (exact) mass is 1920 g/mol. The molecule has 121 heavy (non-hydrogen) atoms. The van der Waals surface area contributed by atoms with E-state index >= 15 is 8.78 Å². The van der Waals surface area contributed by atoms with Gasteiger partial charge >= 0.3 is 0 Å². The van der Waals surface area contributed by atoms with Crippen molar-refractivity contribution in [2.24, 2.45) is 0 Å². The fourth-order valence-corrected chi connectivity index (χ4v) is 17.6. The molecule has 0 spiro atoms. The normalized spacial score (nSPS) is 11.4. The molecule has 22 aromatic rings. The summed E-state index contributed by atoms with van der Waals surface area (Å²) in [4.78, 5) is 33.6. The highest BCUT2D eigenvalue weighted by Crippen LogP contribution is 2.47. The Balaban J connectivity index is 0.000000143. The molecule has 16 heteroatoms. The Labute approximate surface area is 740 Å². The van der Waals surface area contributed by atoms with Crippen molar-refractivity contribution in [3.8, 4) is 102 Å². The summed E-state index contributed by atoms with van der Waals surface area (Å²) < 4.78 is 42.9. The number of alkyl halides is 2. The molecular formula is C105H70Br2F2I2N10. The van der Waals surface area contributed by atoms with Crippen molar-refractivity contribution in [2.45, 2.75) is 6.42 Å². The third-order valence-electron chi connectivity index (χ3n) is 22.1. The van der Waals surface area contributed by atoms with Gasteiger partial charge in [-0.25, -0.2) is 38.7 Å². The molecule has 0 saturated carbocycles. The zero-order valence-electron chi connectivity index (χ0n) is 65.2. The molecule has 0 atom stereocenters. The Morgan fingerprint density at radius 3 is 0.793 bits per heavy atom. The highest BCUT2D eigenvalue weighted by atomic mass is 127. The van der Waals surface area contributed by atoms with Gasteiger partial charge in [0, 0.05) is 85.4 Å². The third kappa shape index (κ3) is 14.5. The van der Waals surface area contributed by atoms with Gasteiger partial charge in [0.25, 0.3) is 0 Å². The molecule has 6 heterocycles. The summed E-state index contributed by atoms with van der Waals surface area (Å²) in [6.07, 6.45) is 1.10. The number of halogens is 6. The quantitative estimate of drug-likeness (QED) is 0.1000. The average molecular weight is 1920 g/mol. The molecule has 23 rings (SSSR count). The van der Waals surface area contributed by atoms with E-state index in [4.69, 9.17) is 15.0 Å². The number of fused-ring (bicyclic) bond motifs is 15. The second-order valence-electron chi connectivity index (χ2n) is 29.0. The van der Waals surface area contributed by atoms with Gasteiger partial charge in [0.2, 0.25) is 0 Å². The number of para-hydroxylation sites is 6. The molecule has 16 aromatic carbocycles. The molecule has 0 unspecified atom stereocenters. The molecule has 10 nitrogen and oxygen atoms in total. The smallest absolute Gasteiger partial charge is 0.164 e. The molecule has 0 aliphatic heterocycles. The van der Waals surface area contributed by atoms with E-state index in [9.17, 15) is 0 Å². The minimum absolute atomic E-state index is 0.155. The van der Waals surface area contributed by atoms with Crippen LogP contribution in [0.1, 0.15) is 11.1 Å². The first-order chi connectivity index (χ1) is 59.7. The lowest BCUT2D eigenvalue weighted by Gasteiger charge is -2.23. The molecule has 0 fully saturated rings. The van der Waals surface area contributed by atoms with Gasteiger partial charge in [0.15, 0.2) is 46.6 Å². The zero-order valence-corrected chi connectivity index (χ0v) is 72.7. The second-order valence-corrected chi connectivity index (χ2v) is 30.8. The van der Waals surface area contributed by atoms with Gasteiger partial charge in [-0.05, 0) is 136 Å². The Morgan fingerprint density at radius 1 is 0.231 bits per heavy atom. The van der Waals surface area contributed by atoms with Crippen molar-refractivity contribution in [1.29, 1.82) is 0 Å². The summed E-state index contributed by atoms with van der Waals surface area (Å²) in [6, 6.07) is 127. The lowest BCUT2D eigenvalue weighted by Crippen LogP contribution is -2.10. The second kappa shape index (κ2) is 34.0. The molecular weight excluding hydrogens is 1850 g/mol. The Kier molecular flexibility index (Phi) is 21.9. The molecule has 0 N–H and O–H groups in total. The minimum atomic E-state index is -0.719. The zero-order chi connectivity index (χ0) is 82.2. The summed E-state index contributed by atoms with van der Waals surface area (Å²) >= 11 is 11.6. The van der Waals surface area contributed by atoms with Crippen molar-refractivity contribution in [3.63, 3.8) is 0 Å². The van der Waals surface area contributed by atoms with E-state index in [1.807, 2.05) is 149 Å². The predicted octanol–water partition coefficient (Wildman–Crippen LogP) is 29.3. The Morgan fingerprint density at radius 2 is 0.471 bits per heavy atom. The highest BCUT2D eigenvalue weighted by molar-refractivity contribution is 14.1. The molecule has 0 bridgehead atoms. The van der Waals surface area contributed by atoms with Crippen LogP contribution in [0.15, 0.2) is 385 Å². The molecule has 0 amide bonds. The molecule has 1 aliphatic carbocycles. The van der Waals surface area contributed by atoms with Gasteiger partial charge in [0.1, 0.15) is 5.69 Å². The third-order valence-corrected chi connectivity index (χ3v) is 23.1. The molecule has 0 radical (unpaired) electrons. The first-order valence-electron chi connectivity index (χ1n) is 39.4. The van der Waals surface area contributed by atoms with Crippen LogP contribution in [0.3, 0.4) is 0 Å². The van der Waals surface area contributed by atoms with Crippen LogP contribution in [0.4, 0.5) is 8.78 Å². The summed E-state index contributed by atoms with van der Waals surface area (Å²) in [7, 11) is 0. The van der Waals surface area contributed by atoms with Gasteiger partial charge < -0.3 is 18.3 Å². The van der Waals surface area contributed by atoms with E-state index in [-0.39, 0.29) is 17.1 Å². The standard InChI is InChI=1S/C57H35BrN6.C33H19BrF2N4.C13H10.2CH3I/c58-39-31-32-51-45(35-39)44-25-11-16-30-50(44)64(51)54-52(62-46-26-12-7-21-40(46)41-22-8-13-27-47(41)62)33-38(34-53(54)63-48-28-14-9-23-42(48)43-24-10-15-29-49(43)63)57-60-55(36-17-3-1-4-18-36)59-56(61-57)37-19-5-2-6-20-37;34-23-15-16-29-25(19-23)24-13-7-8-14-28(24)40(29)30-26(35)17-22(18-27(30)36)33-38-31(20-9-3-1-4-10-20)37-32(39-33)21-11-5-2-6-12-21;1-3-7-12-10(5-1)9-11-6-2-4-8-13(11)12;2*1-2/h1-35H;1-19H;1-8H,9H2;2*1H3. The highest BCUT2D eigenvalue weighted by Gasteiger charge is 2.29. The van der Waals surface area contributed by atoms with Crippen molar-refractivity contribution in [2.75, 3.05) is 9.86 Å². The summed E-state index contributed by atoms with van der Waals surface area (Å²) in [6.45, 7) is 0. The topological polar surface area (TPSA) is 97.1 Å². The van der Waals surface area contributed by atoms with Crippen LogP contribution >= 0.6 is 77.0 Å². The number of rotatable bonds is 10. The van der Waals surface area contributed by atoms with E-state index in [1.54, 1.807) is 4.57 Å². The van der Waals surface area contributed by atoms with Crippen LogP contribution in [0.5, 0.6) is 0 Å². The van der Waals surface area contributed by atoms with Crippen molar-refractivity contribution < 1.29 is 8.78 Å². The predicted molar refractivity (Wildman–Crippen MR) is 520 cm³/mol. The summed E-state index contributed by atoms with van der Waals surface area (Å²) in [5.74, 6) is 1.38. The van der Waals surface area contributed by atoms with Crippen LogP contribution in [-0.2, 0) is 6.42 Å². The van der Waals surface area contributed by atoms with Crippen molar-refractivity contribution in [1.82, 2.24) is 48.2 Å². The SMILES string of the molecule is Brc1ccc2c(c1)c1ccccc1n2-c1c(-n2c3ccccc3c3ccccc32)cc(-c2nc(-c3ccccc3)nc(-c3ccccc3)n2)cc1-n1c2ccccc2c2ccccc21.CI.CI.Fc1cc(-c2nc(-c3ccccc3)nc(-c3ccccc3)n2)cc(F)c1-n1c2ccccc2c2cc(Br)ccc21.c1ccc2c(c1)Cc1ccccc1-2. The molecule has 6 aromatic heterocycles. The number of hydrogen-bond donors (Lipinski definition) is 0. The number of benzene rings is 16. The molecule has 0 saturated heterocycles. The van der Waals surface area contributed by atoms with E-state index < -0.39 is 11.6 Å².